The molecule has 1 heterocycles. The largest absolute Gasteiger partial charge is 0.381 e. The molecule has 0 saturated carbocycles. The molecule has 1 atom stereocenters. The summed E-state index contributed by atoms with van der Waals surface area (Å²) in [6, 6.07) is 8.78. The van der Waals surface area contributed by atoms with Gasteiger partial charge in [0.05, 0.1) is 0 Å². The summed E-state index contributed by atoms with van der Waals surface area (Å²) >= 11 is 0. The Morgan fingerprint density at radius 2 is 1.96 bits per heavy atom. The third-order valence-corrected chi connectivity index (χ3v) is 4.39. The Labute approximate surface area is 155 Å². The highest BCUT2D eigenvalue weighted by Crippen LogP contribution is 2.14. The molecule has 1 saturated heterocycles. The first-order valence-corrected chi connectivity index (χ1v) is 9.43. The van der Waals surface area contributed by atoms with Gasteiger partial charge in [-0.1, -0.05) is 18.2 Å². The van der Waals surface area contributed by atoms with Gasteiger partial charge < -0.3 is 20.1 Å². The molecular formula is C20H30N2O4. The van der Waals surface area contributed by atoms with Crippen LogP contribution in [-0.4, -0.2) is 50.8 Å². The standard InChI is InChI=1S/C20H30N2O4/c1-16(22-20(24)18-6-3-2-4-7-18)14-19(23)21-10-5-11-26-15-17-8-12-25-13-9-17/h2-4,6-7,16-17H,5,8-15H2,1H3,(H,21,23)(H,22,24)/t16-/m1/s1. The first-order chi connectivity index (χ1) is 12.6. The van der Waals surface area contributed by atoms with Crippen LogP contribution in [0.15, 0.2) is 30.3 Å². The molecule has 0 aliphatic carbocycles. The van der Waals surface area contributed by atoms with Crippen molar-refractivity contribution in [3.8, 4) is 0 Å². The molecule has 0 spiro atoms. The summed E-state index contributed by atoms with van der Waals surface area (Å²) < 4.78 is 11.0. The van der Waals surface area contributed by atoms with Gasteiger partial charge in [0, 0.05) is 51.0 Å². The molecule has 2 rings (SSSR count). The molecule has 2 N–H and O–H groups in total. The molecule has 0 bridgehead atoms. The van der Waals surface area contributed by atoms with E-state index >= 15 is 0 Å². The van der Waals surface area contributed by atoms with E-state index in [-0.39, 0.29) is 24.3 Å². The number of ether oxygens (including phenoxy) is 2. The monoisotopic (exact) mass is 362 g/mol. The van der Waals surface area contributed by atoms with Crippen LogP contribution in [0.4, 0.5) is 0 Å². The Kier molecular flexibility index (Phi) is 9.14. The van der Waals surface area contributed by atoms with Gasteiger partial charge in [0.15, 0.2) is 0 Å². The van der Waals surface area contributed by atoms with Crippen LogP contribution in [0.1, 0.15) is 43.0 Å². The van der Waals surface area contributed by atoms with Crippen LogP contribution in [-0.2, 0) is 14.3 Å². The van der Waals surface area contributed by atoms with E-state index in [9.17, 15) is 9.59 Å². The number of benzene rings is 1. The summed E-state index contributed by atoms with van der Waals surface area (Å²) in [5, 5.41) is 5.71. The summed E-state index contributed by atoms with van der Waals surface area (Å²) in [6.45, 7) is 5.52. The predicted molar refractivity (Wildman–Crippen MR) is 100.0 cm³/mol. The summed E-state index contributed by atoms with van der Waals surface area (Å²) in [5.74, 6) is 0.384. The van der Waals surface area contributed by atoms with E-state index in [0.717, 1.165) is 39.1 Å². The Balaban J connectivity index is 1.50. The predicted octanol–water partition coefficient (Wildman–Crippen LogP) is 2.14. The van der Waals surface area contributed by atoms with Gasteiger partial charge in [0.1, 0.15) is 0 Å². The number of nitrogens with one attached hydrogen (secondary N) is 2. The van der Waals surface area contributed by atoms with Crippen molar-refractivity contribution in [3.05, 3.63) is 35.9 Å². The van der Waals surface area contributed by atoms with Crippen molar-refractivity contribution in [2.24, 2.45) is 5.92 Å². The van der Waals surface area contributed by atoms with Crippen molar-refractivity contribution >= 4 is 11.8 Å². The van der Waals surface area contributed by atoms with Crippen LogP contribution in [0.5, 0.6) is 0 Å². The van der Waals surface area contributed by atoms with Crippen LogP contribution in [0.2, 0.25) is 0 Å². The average Bonchev–Trinajstić information content (AvgIpc) is 2.66. The fourth-order valence-electron chi connectivity index (χ4n) is 2.86. The SMILES string of the molecule is C[C@H](CC(=O)NCCCOCC1CCOCC1)NC(=O)c1ccccc1. The molecule has 6 heteroatoms. The number of rotatable bonds is 10. The lowest BCUT2D eigenvalue weighted by atomic mass is 10.0. The van der Waals surface area contributed by atoms with Crippen molar-refractivity contribution in [2.45, 2.75) is 38.6 Å². The van der Waals surface area contributed by atoms with E-state index in [1.165, 1.54) is 0 Å². The lowest BCUT2D eigenvalue weighted by Crippen LogP contribution is -2.37. The van der Waals surface area contributed by atoms with Gasteiger partial charge >= 0.3 is 0 Å². The summed E-state index contributed by atoms with van der Waals surface area (Å²) in [6.07, 6.45) is 3.20. The minimum atomic E-state index is -0.215. The molecule has 144 valence electrons. The molecule has 1 aliphatic heterocycles. The molecule has 26 heavy (non-hydrogen) atoms. The Hall–Kier alpha value is -1.92. The second-order valence-electron chi connectivity index (χ2n) is 6.78. The van der Waals surface area contributed by atoms with Gasteiger partial charge in [-0.15, -0.1) is 0 Å². The normalized spacial score (nSPS) is 16.0. The van der Waals surface area contributed by atoms with Crippen molar-refractivity contribution in [2.75, 3.05) is 33.0 Å². The maximum Gasteiger partial charge on any atom is 0.251 e. The summed E-state index contributed by atoms with van der Waals surface area (Å²) in [7, 11) is 0. The van der Waals surface area contributed by atoms with E-state index < -0.39 is 0 Å². The zero-order valence-corrected chi connectivity index (χ0v) is 15.5. The van der Waals surface area contributed by atoms with E-state index in [0.29, 0.717) is 24.6 Å². The Bertz CT molecular complexity index is 544. The second kappa shape index (κ2) is 11.6. The van der Waals surface area contributed by atoms with E-state index in [1.807, 2.05) is 25.1 Å². The fourth-order valence-corrected chi connectivity index (χ4v) is 2.86. The molecule has 0 unspecified atom stereocenters. The smallest absolute Gasteiger partial charge is 0.251 e. The van der Waals surface area contributed by atoms with Crippen molar-refractivity contribution in [1.82, 2.24) is 10.6 Å². The van der Waals surface area contributed by atoms with Crippen molar-refractivity contribution in [3.63, 3.8) is 0 Å². The first kappa shape index (κ1) is 20.4. The molecule has 6 nitrogen and oxygen atoms in total. The molecule has 2 amide bonds. The molecule has 1 aliphatic rings. The lowest BCUT2D eigenvalue weighted by Gasteiger charge is -2.21. The molecule has 0 aromatic heterocycles. The van der Waals surface area contributed by atoms with Gasteiger partial charge in [0.2, 0.25) is 5.91 Å². The minimum absolute atomic E-state index is 0.0599. The zero-order chi connectivity index (χ0) is 18.6. The molecule has 1 aromatic rings. The number of carbonyl (C=O) groups excluding carboxylic acids is 2. The Morgan fingerprint density at radius 1 is 1.23 bits per heavy atom. The van der Waals surface area contributed by atoms with Crippen LogP contribution < -0.4 is 10.6 Å². The quantitative estimate of drug-likeness (QED) is 0.625. The highest BCUT2D eigenvalue weighted by atomic mass is 16.5. The minimum Gasteiger partial charge on any atom is -0.381 e. The number of amides is 2. The highest BCUT2D eigenvalue weighted by Gasteiger charge is 2.14. The lowest BCUT2D eigenvalue weighted by molar-refractivity contribution is -0.121. The molecular weight excluding hydrogens is 332 g/mol. The molecule has 0 radical (unpaired) electrons. The van der Waals surface area contributed by atoms with Crippen molar-refractivity contribution < 1.29 is 19.1 Å². The topological polar surface area (TPSA) is 76.7 Å². The summed E-state index contributed by atoms with van der Waals surface area (Å²) in [4.78, 5) is 24.0. The van der Waals surface area contributed by atoms with Crippen LogP contribution in [0.3, 0.4) is 0 Å². The number of hydrogen-bond donors (Lipinski definition) is 2. The van der Waals surface area contributed by atoms with Gasteiger partial charge in [0.25, 0.3) is 5.91 Å². The van der Waals surface area contributed by atoms with E-state index in [2.05, 4.69) is 10.6 Å². The van der Waals surface area contributed by atoms with Gasteiger partial charge in [-0.2, -0.15) is 0 Å². The van der Waals surface area contributed by atoms with E-state index in [1.54, 1.807) is 12.1 Å². The third-order valence-electron chi connectivity index (χ3n) is 4.39. The summed E-state index contributed by atoms with van der Waals surface area (Å²) in [5.41, 5.74) is 0.599. The molecule has 1 fully saturated rings. The van der Waals surface area contributed by atoms with Gasteiger partial charge in [-0.25, -0.2) is 0 Å². The van der Waals surface area contributed by atoms with Crippen LogP contribution >= 0.6 is 0 Å². The molecule has 1 aromatic carbocycles. The fraction of sp³-hybridized carbons (Fsp3) is 0.600. The van der Waals surface area contributed by atoms with Gasteiger partial charge in [-0.3, -0.25) is 9.59 Å². The number of hydrogen-bond acceptors (Lipinski definition) is 4. The Morgan fingerprint density at radius 3 is 2.69 bits per heavy atom. The first-order valence-electron chi connectivity index (χ1n) is 9.43. The van der Waals surface area contributed by atoms with Crippen molar-refractivity contribution in [1.29, 1.82) is 0 Å². The van der Waals surface area contributed by atoms with Crippen LogP contribution in [0.25, 0.3) is 0 Å². The average molecular weight is 362 g/mol. The maximum atomic E-state index is 12.0. The van der Waals surface area contributed by atoms with Crippen LogP contribution in [0, 0.1) is 5.92 Å². The number of carbonyl (C=O) groups is 2. The highest BCUT2D eigenvalue weighted by molar-refractivity contribution is 5.94. The zero-order valence-electron chi connectivity index (χ0n) is 15.5. The van der Waals surface area contributed by atoms with Gasteiger partial charge in [-0.05, 0) is 44.2 Å². The second-order valence-corrected chi connectivity index (χ2v) is 6.78. The third kappa shape index (κ3) is 7.97. The maximum absolute atomic E-state index is 12.0. The van der Waals surface area contributed by atoms with E-state index in [4.69, 9.17) is 9.47 Å².